The van der Waals surface area contributed by atoms with Crippen molar-refractivity contribution >= 4 is 17.8 Å². The fourth-order valence-electron chi connectivity index (χ4n) is 3.36. The zero-order valence-corrected chi connectivity index (χ0v) is 16.9. The molecule has 1 heterocycles. The molecule has 5 heteroatoms. The summed E-state index contributed by atoms with van der Waals surface area (Å²) in [5.41, 5.74) is 3.32. The molecule has 2 rings (SSSR count). The van der Waals surface area contributed by atoms with E-state index in [1.54, 1.807) is 11.6 Å². The van der Waals surface area contributed by atoms with Crippen LogP contribution in [-0.2, 0) is 4.79 Å². The van der Waals surface area contributed by atoms with Gasteiger partial charge in [-0.15, -0.1) is 0 Å². The van der Waals surface area contributed by atoms with Crippen LogP contribution in [-0.4, -0.2) is 39.5 Å². The highest BCUT2D eigenvalue weighted by Crippen LogP contribution is 2.20. The van der Waals surface area contributed by atoms with E-state index >= 15 is 0 Å². The second kappa shape index (κ2) is 9.31. The molecular formula is C22H29N3O2. The van der Waals surface area contributed by atoms with Crippen molar-refractivity contribution < 1.29 is 9.59 Å². The Morgan fingerprint density at radius 3 is 2.44 bits per heavy atom. The van der Waals surface area contributed by atoms with Gasteiger partial charge in [-0.3, -0.25) is 14.3 Å². The third-order valence-electron chi connectivity index (χ3n) is 4.73. The Kier molecular flexibility index (Phi) is 7.11. The summed E-state index contributed by atoms with van der Waals surface area (Å²) in [6, 6.07) is 9.94. The van der Waals surface area contributed by atoms with Crippen molar-refractivity contribution in [2.45, 2.75) is 47.1 Å². The Balaban J connectivity index is 2.02. The number of carbonyl (C=O) groups is 2. The number of amides is 1. The van der Waals surface area contributed by atoms with Gasteiger partial charge in [0.25, 0.3) is 0 Å². The van der Waals surface area contributed by atoms with E-state index < -0.39 is 0 Å². The van der Waals surface area contributed by atoms with Crippen LogP contribution in [0.25, 0.3) is 6.08 Å². The maximum atomic E-state index is 12.7. The lowest BCUT2D eigenvalue weighted by Gasteiger charge is -2.22. The Morgan fingerprint density at radius 2 is 1.89 bits per heavy atom. The first-order valence-corrected chi connectivity index (χ1v) is 9.41. The molecule has 144 valence electrons. The average molecular weight is 367 g/mol. The maximum absolute atomic E-state index is 12.7. The van der Waals surface area contributed by atoms with Gasteiger partial charge in [0.05, 0.1) is 17.3 Å². The Morgan fingerprint density at radius 1 is 1.22 bits per heavy atom. The summed E-state index contributed by atoms with van der Waals surface area (Å²) in [7, 11) is 0. The molecule has 0 saturated heterocycles. The van der Waals surface area contributed by atoms with Gasteiger partial charge in [-0.25, -0.2) is 0 Å². The Bertz CT molecular complexity index is 822. The van der Waals surface area contributed by atoms with Gasteiger partial charge in [-0.2, -0.15) is 5.10 Å². The summed E-state index contributed by atoms with van der Waals surface area (Å²) in [4.78, 5) is 26.3. The van der Waals surface area contributed by atoms with E-state index in [0.29, 0.717) is 25.1 Å². The molecule has 1 aromatic heterocycles. The average Bonchev–Trinajstić information content (AvgIpc) is 2.94. The Hall–Kier alpha value is -2.69. The monoisotopic (exact) mass is 367 g/mol. The molecule has 0 saturated carbocycles. The number of benzene rings is 1. The number of carbonyl (C=O) groups excluding carboxylic acids is 2. The smallest absolute Gasteiger partial charge is 0.224 e. The van der Waals surface area contributed by atoms with Crippen LogP contribution >= 0.6 is 0 Å². The number of nitrogens with zero attached hydrogens (tertiary/aromatic N) is 3. The molecule has 0 spiro atoms. The fraction of sp³-hybridized carbons (Fsp3) is 0.409. The van der Waals surface area contributed by atoms with E-state index in [2.05, 4.69) is 5.10 Å². The van der Waals surface area contributed by atoms with Crippen molar-refractivity contribution in [2.24, 2.45) is 0 Å². The van der Waals surface area contributed by atoms with Crippen molar-refractivity contribution in [3.05, 3.63) is 58.9 Å². The van der Waals surface area contributed by atoms with Crippen molar-refractivity contribution in [2.75, 3.05) is 13.1 Å². The van der Waals surface area contributed by atoms with Crippen LogP contribution in [0.1, 0.15) is 60.5 Å². The first-order chi connectivity index (χ1) is 12.8. The van der Waals surface area contributed by atoms with Crippen LogP contribution in [0.2, 0.25) is 0 Å². The van der Waals surface area contributed by atoms with Gasteiger partial charge >= 0.3 is 0 Å². The van der Waals surface area contributed by atoms with E-state index in [0.717, 1.165) is 17.0 Å². The molecule has 1 unspecified atom stereocenters. The van der Waals surface area contributed by atoms with Crippen LogP contribution in [0.4, 0.5) is 0 Å². The van der Waals surface area contributed by atoms with E-state index in [1.165, 1.54) is 0 Å². The molecule has 2 aromatic rings. The number of aromatic nitrogens is 2. The molecular weight excluding hydrogens is 338 g/mol. The van der Waals surface area contributed by atoms with Crippen molar-refractivity contribution in [3.8, 4) is 0 Å². The third kappa shape index (κ3) is 5.16. The van der Waals surface area contributed by atoms with Gasteiger partial charge < -0.3 is 4.90 Å². The second-order valence-corrected chi connectivity index (χ2v) is 6.85. The fourth-order valence-corrected chi connectivity index (χ4v) is 3.36. The molecule has 27 heavy (non-hydrogen) atoms. The van der Waals surface area contributed by atoms with Gasteiger partial charge in [-0.1, -0.05) is 42.5 Å². The van der Waals surface area contributed by atoms with Crippen LogP contribution < -0.4 is 0 Å². The molecule has 5 nitrogen and oxygen atoms in total. The highest BCUT2D eigenvalue weighted by molar-refractivity contribution is 5.96. The second-order valence-electron chi connectivity index (χ2n) is 6.85. The minimum Gasteiger partial charge on any atom is -0.339 e. The highest BCUT2D eigenvalue weighted by Gasteiger charge is 2.21. The molecule has 0 aliphatic carbocycles. The highest BCUT2D eigenvalue weighted by atomic mass is 16.2. The normalized spacial score (nSPS) is 12.3. The number of likely N-dealkylation sites (N-methyl/N-ethyl adjacent to an activating group) is 1. The molecule has 0 radical (unpaired) electrons. The van der Waals surface area contributed by atoms with Gasteiger partial charge in [0.1, 0.15) is 0 Å². The molecule has 0 aliphatic rings. The minimum absolute atomic E-state index is 0.0102. The summed E-state index contributed by atoms with van der Waals surface area (Å²) in [6.45, 7) is 10.5. The van der Waals surface area contributed by atoms with Crippen molar-refractivity contribution in [1.29, 1.82) is 0 Å². The third-order valence-corrected chi connectivity index (χ3v) is 4.73. The quantitative estimate of drug-likeness (QED) is 0.657. The number of hydrogen-bond donors (Lipinski definition) is 0. The first kappa shape index (κ1) is 20.6. The summed E-state index contributed by atoms with van der Waals surface area (Å²) < 4.78 is 1.80. The SMILES string of the molecule is CCN(CC=Cc1ccccc1)C(=O)CC(C)n1nc(C)c(C(C)=O)c1C. The van der Waals surface area contributed by atoms with E-state index in [-0.39, 0.29) is 17.7 Å². The van der Waals surface area contributed by atoms with Crippen molar-refractivity contribution in [1.82, 2.24) is 14.7 Å². The van der Waals surface area contributed by atoms with Crippen molar-refractivity contribution in [3.63, 3.8) is 0 Å². The number of ketones is 1. The lowest BCUT2D eigenvalue weighted by atomic mass is 10.1. The molecule has 1 aromatic carbocycles. The molecule has 0 bridgehead atoms. The van der Waals surface area contributed by atoms with Gasteiger partial charge in [0.15, 0.2) is 5.78 Å². The lowest BCUT2D eigenvalue weighted by Crippen LogP contribution is -2.32. The standard InChI is InChI=1S/C22H29N3O2/c1-6-24(14-10-13-20-11-8-7-9-12-20)21(27)15-16(2)25-18(4)22(19(5)26)17(3)23-25/h7-13,16H,6,14-15H2,1-5H3. The van der Waals surface area contributed by atoms with Crippen LogP contribution in [0.3, 0.4) is 0 Å². The number of rotatable bonds is 8. The molecule has 0 fully saturated rings. The van der Waals surface area contributed by atoms with Crippen LogP contribution in [0.5, 0.6) is 0 Å². The summed E-state index contributed by atoms with van der Waals surface area (Å²) in [6.07, 6.45) is 4.39. The predicted molar refractivity (Wildman–Crippen MR) is 109 cm³/mol. The van der Waals surface area contributed by atoms with E-state index in [9.17, 15) is 9.59 Å². The van der Waals surface area contributed by atoms with E-state index in [4.69, 9.17) is 0 Å². The van der Waals surface area contributed by atoms with Gasteiger partial charge in [0, 0.05) is 25.2 Å². The number of hydrogen-bond acceptors (Lipinski definition) is 3. The van der Waals surface area contributed by atoms with Crippen LogP contribution in [0, 0.1) is 13.8 Å². The van der Waals surface area contributed by atoms with E-state index in [1.807, 2.05) is 75.1 Å². The minimum atomic E-state index is -0.101. The predicted octanol–water partition coefficient (Wildman–Crippen LogP) is 4.22. The summed E-state index contributed by atoms with van der Waals surface area (Å²) in [5.74, 6) is 0.0932. The molecule has 1 atom stereocenters. The maximum Gasteiger partial charge on any atom is 0.224 e. The number of Topliss-reactive ketones (excluding diaryl/α,β-unsaturated/α-hetero) is 1. The van der Waals surface area contributed by atoms with Crippen LogP contribution in [0.15, 0.2) is 36.4 Å². The molecule has 1 amide bonds. The zero-order chi connectivity index (χ0) is 20.0. The molecule has 0 N–H and O–H groups in total. The van der Waals surface area contributed by atoms with Gasteiger partial charge in [-0.05, 0) is 40.2 Å². The Labute approximate surface area is 161 Å². The largest absolute Gasteiger partial charge is 0.339 e. The molecule has 0 aliphatic heterocycles. The lowest BCUT2D eigenvalue weighted by molar-refractivity contribution is -0.131. The topological polar surface area (TPSA) is 55.2 Å². The summed E-state index contributed by atoms with van der Waals surface area (Å²) in [5, 5.41) is 4.48. The first-order valence-electron chi connectivity index (χ1n) is 9.41. The van der Waals surface area contributed by atoms with Gasteiger partial charge in [0.2, 0.25) is 5.91 Å². The summed E-state index contributed by atoms with van der Waals surface area (Å²) >= 11 is 0. The number of aryl methyl sites for hydroxylation is 1. The zero-order valence-electron chi connectivity index (χ0n) is 16.9.